The maximum absolute atomic E-state index is 13.1. The number of rotatable bonds is 8. The molecule has 0 saturated carbocycles. The molecule has 0 spiro atoms. The Morgan fingerprint density at radius 2 is 1.73 bits per heavy atom. The van der Waals surface area contributed by atoms with Crippen molar-refractivity contribution in [1.29, 1.82) is 0 Å². The maximum atomic E-state index is 13.1. The van der Waals surface area contributed by atoms with Gasteiger partial charge in [-0.05, 0) is 25.1 Å². The van der Waals surface area contributed by atoms with Gasteiger partial charge in [0, 0.05) is 11.6 Å². The van der Waals surface area contributed by atoms with Gasteiger partial charge in [0.15, 0.2) is 12.4 Å². The number of amides is 1. The van der Waals surface area contributed by atoms with Crippen LogP contribution < -0.4 is 14.8 Å². The molecule has 0 radical (unpaired) electrons. The van der Waals surface area contributed by atoms with Crippen LogP contribution in [0.1, 0.15) is 5.56 Å². The Balaban J connectivity index is 1.40. The Morgan fingerprint density at radius 1 is 1.03 bits per heavy atom. The number of aromatic nitrogens is 2. The van der Waals surface area contributed by atoms with Crippen molar-refractivity contribution >= 4 is 29.1 Å². The number of carbonyl (C=O) groups is 1. The topological polar surface area (TPSA) is 73.3 Å². The number of hydrogen-bond donors (Lipinski definition) is 1. The smallest absolute Gasteiger partial charge is 0.258 e. The van der Waals surface area contributed by atoms with Gasteiger partial charge in [-0.15, -0.1) is 10.2 Å². The van der Waals surface area contributed by atoms with Gasteiger partial charge in [-0.25, -0.2) is 4.39 Å². The van der Waals surface area contributed by atoms with Crippen molar-refractivity contribution in [2.45, 2.75) is 6.92 Å². The minimum Gasteiger partial charge on any atom is -0.481 e. The second kappa shape index (κ2) is 10.2. The van der Waals surface area contributed by atoms with E-state index in [0.29, 0.717) is 5.88 Å². The molecule has 1 amide bonds. The summed E-state index contributed by atoms with van der Waals surface area (Å²) >= 11 is 11.7. The Labute approximate surface area is 182 Å². The molecule has 1 aromatic heterocycles. The van der Waals surface area contributed by atoms with E-state index in [2.05, 4.69) is 15.5 Å². The van der Waals surface area contributed by atoms with Gasteiger partial charge in [0.05, 0.1) is 22.3 Å². The molecule has 3 rings (SSSR count). The van der Waals surface area contributed by atoms with Gasteiger partial charge in [0.1, 0.15) is 12.4 Å². The van der Waals surface area contributed by atoms with Crippen molar-refractivity contribution in [3.05, 3.63) is 70.0 Å². The lowest BCUT2D eigenvalue weighted by molar-refractivity contribution is -0.123. The van der Waals surface area contributed by atoms with E-state index in [4.69, 9.17) is 32.7 Å². The van der Waals surface area contributed by atoms with Crippen molar-refractivity contribution in [3.63, 3.8) is 0 Å². The minimum absolute atomic E-state index is 0.0104. The number of halogens is 3. The van der Waals surface area contributed by atoms with Crippen molar-refractivity contribution in [2.75, 3.05) is 19.8 Å². The highest BCUT2D eigenvalue weighted by atomic mass is 35.5. The number of hydrogen-bond acceptors (Lipinski definition) is 5. The van der Waals surface area contributed by atoms with E-state index >= 15 is 0 Å². The molecule has 2 aromatic carbocycles. The van der Waals surface area contributed by atoms with Gasteiger partial charge in [-0.3, -0.25) is 4.79 Å². The van der Waals surface area contributed by atoms with Crippen molar-refractivity contribution in [2.24, 2.45) is 0 Å². The van der Waals surface area contributed by atoms with E-state index < -0.39 is 11.7 Å². The summed E-state index contributed by atoms with van der Waals surface area (Å²) in [7, 11) is 0. The lowest BCUT2D eigenvalue weighted by atomic mass is 10.1. The molecular weight excluding hydrogens is 432 g/mol. The first-order valence-electron chi connectivity index (χ1n) is 9.00. The third-order valence-corrected chi connectivity index (χ3v) is 4.53. The predicted octanol–water partition coefficient (Wildman–Crippen LogP) is 4.47. The second-order valence-electron chi connectivity index (χ2n) is 6.31. The molecule has 1 heterocycles. The van der Waals surface area contributed by atoms with Crippen LogP contribution in [0.3, 0.4) is 0 Å². The second-order valence-corrected chi connectivity index (χ2v) is 7.12. The first-order valence-corrected chi connectivity index (χ1v) is 9.75. The Morgan fingerprint density at radius 3 is 2.37 bits per heavy atom. The van der Waals surface area contributed by atoms with Crippen molar-refractivity contribution in [1.82, 2.24) is 15.5 Å². The standard InChI is InChI=1S/C21H18Cl2FN3O3/c1-13-2-4-14(5-3-13)18-6-7-20(27-26-18)29-9-8-25-19(28)12-30-21-16(22)10-15(24)11-17(21)23/h2-7,10-11H,8-9,12H2,1H3,(H,25,28). The molecule has 0 aliphatic carbocycles. The fourth-order valence-corrected chi connectivity index (χ4v) is 3.05. The van der Waals surface area contributed by atoms with E-state index in [0.717, 1.165) is 23.4 Å². The van der Waals surface area contributed by atoms with Gasteiger partial charge < -0.3 is 14.8 Å². The number of carbonyl (C=O) groups excluding carboxylic acids is 1. The molecule has 30 heavy (non-hydrogen) atoms. The Bertz CT molecular complexity index is 992. The summed E-state index contributed by atoms with van der Waals surface area (Å²) in [6.45, 7) is 2.12. The van der Waals surface area contributed by atoms with Gasteiger partial charge in [0.25, 0.3) is 5.91 Å². The number of benzene rings is 2. The van der Waals surface area contributed by atoms with Crippen LogP contribution in [-0.2, 0) is 4.79 Å². The third kappa shape index (κ3) is 6.05. The number of aryl methyl sites for hydroxylation is 1. The van der Waals surface area contributed by atoms with Crippen LogP contribution in [0.4, 0.5) is 4.39 Å². The van der Waals surface area contributed by atoms with E-state index in [1.807, 2.05) is 37.3 Å². The predicted molar refractivity (Wildman–Crippen MR) is 113 cm³/mol. The maximum Gasteiger partial charge on any atom is 0.258 e. The monoisotopic (exact) mass is 449 g/mol. The summed E-state index contributed by atoms with van der Waals surface area (Å²) in [5, 5.41) is 10.8. The molecule has 0 aliphatic heterocycles. The van der Waals surface area contributed by atoms with E-state index in [-0.39, 0.29) is 35.6 Å². The number of ether oxygens (including phenoxy) is 2. The van der Waals surface area contributed by atoms with Crippen LogP contribution in [0.25, 0.3) is 11.3 Å². The zero-order valence-corrected chi connectivity index (χ0v) is 17.5. The molecule has 0 bridgehead atoms. The summed E-state index contributed by atoms with van der Waals surface area (Å²) < 4.78 is 23.9. The van der Waals surface area contributed by atoms with Crippen LogP contribution >= 0.6 is 23.2 Å². The van der Waals surface area contributed by atoms with Crippen LogP contribution in [0, 0.1) is 12.7 Å². The Kier molecular flexibility index (Phi) is 7.43. The fourth-order valence-electron chi connectivity index (χ4n) is 2.48. The number of nitrogens with zero attached hydrogens (tertiary/aromatic N) is 2. The molecule has 0 fully saturated rings. The fraction of sp³-hybridized carbons (Fsp3) is 0.190. The van der Waals surface area contributed by atoms with E-state index in [1.54, 1.807) is 6.07 Å². The van der Waals surface area contributed by atoms with Crippen molar-refractivity contribution < 1.29 is 18.7 Å². The molecule has 1 N–H and O–H groups in total. The molecule has 0 unspecified atom stereocenters. The molecule has 0 saturated heterocycles. The largest absolute Gasteiger partial charge is 0.481 e. The highest BCUT2D eigenvalue weighted by Gasteiger charge is 2.12. The summed E-state index contributed by atoms with van der Waals surface area (Å²) in [4.78, 5) is 11.9. The van der Waals surface area contributed by atoms with Crippen molar-refractivity contribution in [3.8, 4) is 22.9 Å². The van der Waals surface area contributed by atoms with Gasteiger partial charge in [-0.2, -0.15) is 0 Å². The normalized spacial score (nSPS) is 10.5. The van der Waals surface area contributed by atoms with Crippen LogP contribution in [0.15, 0.2) is 48.5 Å². The van der Waals surface area contributed by atoms with Crippen LogP contribution in [0.2, 0.25) is 10.0 Å². The van der Waals surface area contributed by atoms with Gasteiger partial charge in [0.2, 0.25) is 5.88 Å². The van der Waals surface area contributed by atoms with E-state index in [1.165, 1.54) is 5.56 Å². The van der Waals surface area contributed by atoms with Crippen LogP contribution in [-0.4, -0.2) is 35.9 Å². The number of nitrogens with one attached hydrogen (secondary N) is 1. The molecular formula is C21H18Cl2FN3O3. The molecule has 9 heteroatoms. The summed E-state index contributed by atoms with van der Waals surface area (Å²) in [5.41, 5.74) is 2.88. The zero-order chi connectivity index (χ0) is 21.5. The highest BCUT2D eigenvalue weighted by Crippen LogP contribution is 2.33. The minimum atomic E-state index is -0.589. The molecule has 156 valence electrons. The average Bonchev–Trinajstić information content (AvgIpc) is 2.71. The van der Waals surface area contributed by atoms with Crippen LogP contribution in [0.5, 0.6) is 11.6 Å². The summed E-state index contributed by atoms with van der Waals surface area (Å²) in [5.74, 6) is -0.596. The first kappa shape index (κ1) is 21.8. The highest BCUT2D eigenvalue weighted by molar-refractivity contribution is 6.37. The van der Waals surface area contributed by atoms with E-state index in [9.17, 15) is 9.18 Å². The molecule has 6 nitrogen and oxygen atoms in total. The molecule has 3 aromatic rings. The lowest BCUT2D eigenvalue weighted by Crippen LogP contribution is -2.32. The lowest BCUT2D eigenvalue weighted by Gasteiger charge is -2.10. The zero-order valence-electron chi connectivity index (χ0n) is 16.0. The first-order chi connectivity index (χ1) is 14.4. The summed E-state index contributed by atoms with van der Waals surface area (Å²) in [6.07, 6.45) is 0. The van der Waals surface area contributed by atoms with Gasteiger partial charge in [-0.1, -0.05) is 53.0 Å². The quantitative estimate of drug-likeness (QED) is 0.513. The molecule has 0 aliphatic rings. The average molecular weight is 450 g/mol. The summed E-state index contributed by atoms with van der Waals surface area (Å²) in [6, 6.07) is 13.6. The molecule has 0 atom stereocenters. The SMILES string of the molecule is Cc1ccc(-c2ccc(OCCNC(=O)COc3c(Cl)cc(F)cc3Cl)nn2)cc1. The third-order valence-electron chi connectivity index (χ3n) is 3.97. The van der Waals surface area contributed by atoms with Gasteiger partial charge >= 0.3 is 0 Å². The Hall–Kier alpha value is -2.90.